The van der Waals surface area contributed by atoms with Gasteiger partial charge in [0.15, 0.2) is 5.11 Å². The highest BCUT2D eigenvalue weighted by molar-refractivity contribution is 7.80. The molecule has 0 spiro atoms. The Kier molecular flexibility index (Phi) is 7.10. The first-order valence-electron chi connectivity index (χ1n) is 6.32. The second-order valence-corrected chi connectivity index (χ2v) is 4.53. The van der Waals surface area contributed by atoms with Gasteiger partial charge in [0.05, 0.1) is 12.8 Å². The maximum Gasteiger partial charge on any atom is 0.226 e. The van der Waals surface area contributed by atoms with E-state index in [4.69, 9.17) is 16.6 Å². The van der Waals surface area contributed by atoms with Crippen molar-refractivity contribution in [3.63, 3.8) is 0 Å². The highest BCUT2D eigenvalue weighted by atomic mass is 32.1. The maximum atomic E-state index is 11.5. The number of unbranched alkanes of at least 4 members (excludes halogenated alkanes) is 3. The molecule has 0 unspecified atom stereocenters. The maximum absolute atomic E-state index is 11.5. The van der Waals surface area contributed by atoms with Gasteiger partial charge in [-0.1, -0.05) is 26.2 Å². The SMILES string of the molecule is CCCCCCC(=O)NC(=S)NCc1ccco1. The molecule has 0 aromatic carbocycles. The fraction of sp³-hybridized carbons (Fsp3) is 0.538. The van der Waals surface area contributed by atoms with E-state index in [1.54, 1.807) is 6.26 Å². The Labute approximate surface area is 113 Å². The fourth-order valence-corrected chi connectivity index (χ4v) is 1.71. The first kappa shape index (κ1) is 14.7. The van der Waals surface area contributed by atoms with E-state index in [-0.39, 0.29) is 5.91 Å². The molecule has 0 saturated carbocycles. The van der Waals surface area contributed by atoms with Crippen LogP contribution >= 0.6 is 12.2 Å². The number of hydrogen-bond acceptors (Lipinski definition) is 3. The number of amides is 1. The number of carbonyl (C=O) groups excluding carboxylic acids is 1. The summed E-state index contributed by atoms with van der Waals surface area (Å²) < 4.78 is 5.15. The zero-order valence-electron chi connectivity index (χ0n) is 10.7. The third kappa shape index (κ3) is 6.39. The highest BCUT2D eigenvalue weighted by Crippen LogP contribution is 2.02. The minimum atomic E-state index is -0.0250. The first-order valence-corrected chi connectivity index (χ1v) is 6.73. The smallest absolute Gasteiger partial charge is 0.226 e. The van der Waals surface area contributed by atoms with E-state index in [9.17, 15) is 4.79 Å². The minimum absolute atomic E-state index is 0.0250. The van der Waals surface area contributed by atoms with Crippen molar-refractivity contribution in [3.05, 3.63) is 24.2 Å². The van der Waals surface area contributed by atoms with Gasteiger partial charge in [-0.2, -0.15) is 0 Å². The van der Waals surface area contributed by atoms with Crippen LogP contribution in [0.4, 0.5) is 0 Å². The summed E-state index contributed by atoms with van der Waals surface area (Å²) in [6, 6.07) is 3.66. The van der Waals surface area contributed by atoms with Gasteiger partial charge in [0, 0.05) is 6.42 Å². The van der Waals surface area contributed by atoms with E-state index in [2.05, 4.69) is 17.6 Å². The van der Waals surface area contributed by atoms with Crippen LogP contribution in [-0.4, -0.2) is 11.0 Å². The molecule has 0 bridgehead atoms. The number of carbonyl (C=O) groups is 1. The van der Waals surface area contributed by atoms with Crippen molar-refractivity contribution in [2.75, 3.05) is 0 Å². The van der Waals surface area contributed by atoms with Crippen molar-refractivity contribution in [3.8, 4) is 0 Å². The van der Waals surface area contributed by atoms with Crippen LogP contribution in [-0.2, 0) is 11.3 Å². The summed E-state index contributed by atoms with van der Waals surface area (Å²) in [4.78, 5) is 11.5. The Balaban J connectivity index is 2.09. The molecule has 0 aliphatic heterocycles. The lowest BCUT2D eigenvalue weighted by Crippen LogP contribution is -2.38. The van der Waals surface area contributed by atoms with Crippen molar-refractivity contribution < 1.29 is 9.21 Å². The van der Waals surface area contributed by atoms with Gasteiger partial charge in [-0.25, -0.2) is 0 Å². The van der Waals surface area contributed by atoms with E-state index in [0.717, 1.165) is 18.6 Å². The Morgan fingerprint density at radius 3 is 2.89 bits per heavy atom. The number of nitrogens with one attached hydrogen (secondary N) is 2. The van der Waals surface area contributed by atoms with Crippen molar-refractivity contribution >= 4 is 23.2 Å². The Morgan fingerprint density at radius 2 is 2.22 bits per heavy atom. The van der Waals surface area contributed by atoms with Crippen LogP contribution in [0.2, 0.25) is 0 Å². The van der Waals surface area contributed by atoms with E-state index >= 15 is 0 Å². The second kappa shape index (κ2) is 8.69. The molecule has 5 heteroatoms. The molecular formula is C13H20N2O2S. The van der Waals surface area contributed by atoms with Crippen LogP contribution in [0.15, 0.2) is 22.8 Å². The quantitative estimate of drug-likeness (QED) is 0.590. The van der Waals surface area contributed by atoms with E-state index in [1.807, 2.05) is 12.1 Å². The van der Waals surface area contributed by atoms with Gasteiger partial charge in [-0.3, -0.25) is 4.79 Å². The minimum Gasteiger partial charge on any atom is -0.467 e. The molecule has 4 nitrogen and oxygen atoms in total. The summed E-state index contributed by atoms with van der Waals surface area (Å²) in [6.07, 6.45) is 6.49. The van der Waals surface area contributed by atoms with Gasteiger partial charge in [0.1, 0.15) is 5.76 Å². The summed E-state index contributed by atoms with van der Waals surface area (Å²) in [7, 11) is 0. The number of thiocarbonyl (C=S) groups is 1. The van der Waals surface area contributed by atoms with Gasteiger partial charge < -0.3 is 15.1 Å². The van der Waals surface area contributed by atoms with Gasteiger partial charge in [-0.15, -0.1) is 0 Å². The second-order valence-electron chi connectivity index (χ2n) is 4.12. The monoisotopic (exact) mass is 268 g/mol. The summed E-state index contributed by atoms with van der Waals surface area (Å²) in [6.45, 7) is 2.63. The molecule has 1 aromatic rings. The summed E-state index contributed by atoms with van der Waals surface area (Å²) in [5.74, 6) is 0.762. The molecule has 1 heterocycles. The Hall–Kier alpha value is -1.36. The molecule has 2 N–H and O–H groups in total. The summed E-state index contributed by atoms with van der Waals surface area (Å²) >= 11 is 5.02. The zero-order chi connectivity index (χ0) is 13.2. The molecule has 0 aliphatic carbocycles. The topological polar surface area (TPSA) is 54.3 Å². The van der Waals surface area contributed by atoms with Crippen LogP contribution < -0.4 is 10.6 Å². The molecule has 0 radical (unpaired) electrons. The van der Waals surface area contributed by atoms with E-state index < -0.39 is 0 Å². The van der Waals surface area contributed by atoms with Crippen molar-refractivity contribution in [1.29, 1.82) is 0 Å². The average molecular weight is 268 g/mol. The number of hydrogen-bond donors (Lipinski definition) is 2. The van der Waals surface area contributed by atoms with Gasteiger partial charge in [0.25, 0.3) is 0 Å². The van der Waals surface area contributed by atoms with Crippen LogP contribution in [0.3, 0.4) is 0 Å². The Bertz CT molecular complexity index is 363. The molecular weight excluding hydrogens is 248 g/mol. The number of rotatable bonds is 7. The normalized spacial score (nSPS) is 10.1. The van der Waals surface area contributed by atoms with Crippen LogP contribution in [0.1, 0.15) is 44.8 Å². The molecule has 100 valence electrons. The number of furan rings is 1. The molecule has 0 atom stereocenters. The third-order valence-corrected chi connectivity index (χ3v) is 2.76. The van der Waals surface area contributed by atoms with Gasteiger partial charge in [0.2, 0.25) is 5.91 Å². The largest absolute Gasteiger partial charge is 0.467 e. The van der Waals surface area contributed by atoms with Crippen LogP contribution in [0.25, 0.3) is 0 Å². The first-order chi connectivity index (χ1) is 8.72. The fourth-order valence-electron chi connectivity index (χ4n) is 1.53. The van der Waals surface area contributed by atoms with Crippen LogP contribution in [0, 0.1) is 0 Å². The Morgan fingerprint density at radius 1 is 1.39 bits per heavy atom. The summed E-state index contributed by atoms with van der Waals surface area (Å²) in [5, 5.41) is 5.94. The lowest BCUT2D eigenvalue weighted by Gasteiger charge is -2.08. The van der Waals surface area contributed by atoms with Gasteiger partial charge in [-0.05, 0) is 30.8 Å². The molecule has 1 amide bonds. The zero-order valence-corrected chi connectivity index (χ0v) is 11.5. The predicted molar refractivity (Wildman–Crippen MR) is 75.0 cm³/mol. The molecule has 0 saturated heterocycles. The standard InChI is InChI=1S/C13H20N2O2S/c1-2-3-4-5-8-12(16)15-13(18)14-10-11-7-6-9-17-11/h6-7,9H,2-5,8,10H2,1H3,(H2,14,15,16,18). The van der Waals surface area contributed by atoms with Gasteiger partial charge >= 0.3 is 0 Å². The molecule has 1 rings (SSSR count). The van der Waals surface area contributed by atoms with Crippen molar-refractivity contribution in [2.45, 2.75) is 45.6 Å². The van der Waals surface area contributed by atoms with Crippen molar-refractivity contribution in [1.82, 2.24) is 10.6 Å². The van der Waals surface area contributed by atoms with E-state index in [0.29, 0.717) is 18.1 Å². The molecule has 18 heavy (non-hydrogen) atoms. The van der Waals surface area contributed by atoms with Crippen LogP contribution in [0.5, 0.6) is 0 Å². The predicted octanol–water partition coefficient (Wildman–Crippen LogP) is 2.74. The average Bonchev–Trinajstić information content (AvgIpc) is 2.85. The van der Waals surface area contributed by atoms with Crippen molar-refractivity contribution in [2.24, 2.45) is 0 Å². The summed E-state index contributed by atoms with van der Waals surface area (Å²) in [5.41, 5.74) is 0. The molecule has 0 fully saturated rings. The third-order valence-electron chi connectivity index (χ3n) is 2.51. The molecule has 1 aromatic heterocycles. The highest BCUT2D eigenvalue weighted by Gasteiger charge is 2.04. The van der Waals surface area contributed by atoms with E-state index in [1.165, 1.54) is 12.8 Å². The lowest BCUT2D eigenvalue weighted by atomic mass is 10.1. The lowest BCUT2D eigenvalue weighted by molar-refractivity contribution is -0.119. The molecule has 0 aliphatic rings.